The Balaban J connectivity index is 1.68. The number of rotatable bonds is 6. The molecule has 3 heterocycles. The summed E-state index contributed by atoms with van der Waals surface area (Å²) in [6.07, 6.45) is 4.52. The third-order valence-electron chi connectivity index (χ3n) is 5.29. The van der Waals surface area contributed by atoms with E-state index in [1.165, 1.54) is 35.3 Å². The van der Waals surface area contributed by atoms with Crippen LogP contribution in [-0.2, 0) is 6.42 Å². The number of anilines is 2. The molecule has 3 N–H and O–H groups in total. The second-order valence-corrected chi connectivity index (χ2v) is 7.17. The molecule has 0 amide bonds. The molecule has 1 aliphatic rings. The Morgan fingerprint density at radius 3 is 2.56 bits per heavy atom. The van der Waals surface area contributed by atoms with Gasteiger partial charge in [0.15, 0.2) is 5.65 Å². The van der Waals surface area contributed by atoms with Gasteiger partial charge in [0.25, 0.3) is 0 Å². The highest BCUT2D eigenvalue weighted by Gasteiger charge is 2.14. The van der Waals surface area contributed by atoms with Gasteiger partial charge in [-0.25, -0.2) is 4.52 Å². The van der Waals surface area contributed by atoms with E-state index in [1.54, 1.807) is 0 Å². The zero-order chi connectivity index (χ0) is 18.6. The molecule has 0 atom stereocenters. The van der Waals surface area contributed by atoms with E-state index in [2.05, 4.69) is 57.6 Å². The van der Waals surface area contributed by atoms with E-state index in [9.17, 15) is 0 Å². The number of aromatic nitrogens is 3. The van der Waals surface area contributed by atoms with Gasteiger partial charge in [-0.1, -0.05) is 31.9 Å². The molecule has 6 nitrogen and oxygen atoms in total. The number of nitrogens with one attached hydrogen (secondary N) is 1. The van der Waals surface area contributed by atoms with E-state index < -0.39 is 0 Å². The maximum Gasteiger partial charge on any atom is 0.240 e. The van der Waals surface area contributed by atoms with Crippen LogP contribution in [-0.4, -0.2) is 40.8 Å². The topological polar surface area (TPSA) is 71.5 Å². The van der Waals surface area contributed by atoms with Crippen LogP contribution in [0.5, 0.6) is 0 Å². The molecule has 1 aliphatic heterocycles. The standard InChI is InChI=1S/C21H28N6/c1-2-3-4-5-19-18(10-11-20-24-21(22)25-27(19)20)16-6-8-17(9-7-16)26-14-12-23-13-15-26/h6-11,23H,2-5,12-15H2,1H3,(H2,22,25). The number of hydrogen-bond donors (Lipinski definition) is 2. The predicted molar refractivity (Wildman–Crippen MR) is 111 cm³/mol. The summed E-state index contributed by atoms with van der Waals surface area (Å²) in [4.78, 5) is 6.76. The molecule has 1 fully saturated rings. The van der Waals surface area contributed by atoms with Gasteiger partial charge in [-0.3, -0.25) is 0 Å². The van der Waals surface area contributed by atoms with Crippen LogP contribution in [0.15, 0.2) is 36.4 Å². The van der Waals surface area contributed by atoms with Crippen molar-refractivity contribution in [3.8, 4) is 11.1 Å². The largest absolute Gasteiger partial charge is 0.369 e. The molecule has 1 aromatic carbocycles. The van der Waals surface area contributed by atoms with E-state index >= 15 is 0 Å². The molecular formula is C21H28N6. The minimum atomic E-state index is 0.331. The Labute approximate surface area is 160 Å². The first kappa shape index (κ1) is 17.8. The summed E-state index contributed by atoms with van der Waals surface area (Å²) in [6, 6.07) is 13.1. The molecule has 27 heavy (non-hydrogen) atoms. The smallest absolute Gasteiger partial charge is 0.240 e. The molecule has 0 unspecified atom stereocenters. The monoisotopic (exact) mass is 364 g/mol. The fourth-order valence-electron chi connectivity index (χ4n) is 3.84. The van der Waals surface area contributed by atoms with Crippen molar-refractivity contribution in [1.82, 2.24) is 19.9 Å². The van der Waals surface area contributed by atoms with Crippen LogP contribution in [0, 0.1) is 0 Å². The van der Waals surface area contributed by atoms with Crippen molar-refractivity contribution < 1.29 is 0 Å². The van der Waals surface area contributed by atoms with Crippen molar-refractivity contribution in [2.75, 3.05) is 36.8 Å². The average Bonchev–Trinajstić information content (AvgIpc) is 3.10. The van der Waals surface area contributed by atoms with Crippen LogP contribution in [0.1, 0.15) is 31.9 Å². The number of nitrogen functional groups attached to an aromatic ring is 1. The summed E-state index contributed by atoms with van der Waals surface area (Å²) < 4.78 is 1.92. The lowest BCUT2D eigenvalue weighted by Crippen LogP contribution is -2.43. The molecule has 0 aliphatic carbocycles. The van der Waals surface area contributed by atoms with Crippen LogP contribution < -0.4 is 16.0 Å². The zero-order valence-corrected chi connectivity index (χ0v) is 16.0. The van der Waals surface area contributed by atoms with Crippen molar-refractivity contribution in [2.45, 2.75) is 32.6 Å². The van der Waals surface area contributed by atoms with E-state index in [0.29, 0.717) is 5.95 Å². The number of fused-ring (bicyclic) bond motifs is 1. The summed E-state index contributed by atoms with van der Waals surface area (Å²) in [6.45, 7) is 6.45. The molecule has 0 saturated carbocycles. The predicted octanol–water partition coefficient (Wildman–Crippen LogP) is 3.12. The Kier molecular flexibility index (Phi) is 5.25. The first-order chi connectivity index (χ1) is 13.3. The number of unbranched alkanes of at least 4 members (excludes halogenated alkanes) is 2. The van der Waals surface area contributed by atoms with E-state index in [0.717, 1.165) is 44.7 Å². The highest BCUT2D eigenvalue weighted by molar-refractivity contribution is 5.70. The number of piperazine rings is 1. The number of nitrogens with zero attached hydrogens (tertiary/aromatic N) is 4. The van der Waals surface area contributed by atoms with Gasteiger partial charge in [-0.15, -0.1) is 5.10 Å². The maximum absolute atomic E-state index is 5.85. The van der Waals surface area contributed by atoms with Crippen LogP contribution in [0.4, 0.5) is 11.6 Å². The second kappa shape index (κ2) is 7.96. The van der Waals surface area contributed by atoms with Crippen molar-refractivity contribution in [1.29, 1.82) is 0 Å². The lowest BCUT2D eigenvalue weighted by Gasteiger charge is -2.29. The Bertz CT molecular complexity index is 893. The van der Waals surface area contributed by atoms with Gasteiger partial charge < -0.3 is 16.0 Å². The lowest BCUT2D eigenvalue weighted by molar-refractivity contribution is 0.589. The summed E-state index contributed by atoms with van der Waals surface area (Å²) in [7, 11) is 0. The third-order valence-corrected chi connectivity index (χ3v) is 5.29. The summed E-state index contributed by atoms with van der Waals surface area (Å²) in [5.41, 5.74) is 11.6. The first-order valence-corrected chi connectivity index (χ1v) is 9.96. The molecule has 6 heteroatoms. The molecule has 3 aromatic rings. The van der Waals surface area contributed by atoms with Crippen molar-refractivity contribution >= 4 is 17.3 Å². The van der Waals surface area contributed by atoms with Crippen LogP contribution in [0.25, 0.3) is 16.8 Å². The summed E-state index contributed by atoms with van der Waals surface area (Å²) >= 11 is 0. The highest BCUT2D eigenvalue weighted by atomic mass is 15.3. The lowest BCUT2D eigenvalue weighted by atomic mass is 10.00. The molecule has 0 bridgehead atoms. The fraction of sp³-hybridized carbons (Fsp3) is 0.429. The minimum absolute atomic E-state index is 0.331. The minimum Gasteiger partial charge on any atom is -0.369 e. The molecule has 0 radical (unpaired) electrons. The van der Waals surface area contributed by atoms with Crippen molar-refractivity contribution in [3.05, 3.63) is 42.1 Å². The number of benzene rings is 1. The first-order valence-electron chi connectivity index (χ1n) is 9.96. The van der Waals surface area contributed by atoms with Crippen LogP contribution in [0.3, 0.4) is 0 Å². The number of hydrogen-bond acceptors (Lipinski definition) is 5. The normalized spacial score (nSPS) is 14.8. The van der Waals surface area contributed by atoms with Gasteiger partial charge in [0.2, 0.25) is 5.95 Å². The molecule has 4 rings (SSSR count). The summed E-state index contributed by atoms with van der Waals surface area (Å²) in [5.74, 6) is 0.331. The van der Waals surface area contributed by atoms with Gasteiger partial charge in [-0.05, 0) is 42.7 Å². The summed E-state index contributed by atoms with van der Waals surface area (Å²) in [5, 5.41) is 7.84. The molecule has 142 valence electrons. The number of pyridine rings is 1. The molecule has 0 spiro atoms. The molecule has 2 aromatic heterocycles. The second-order valence-electron chi connectivity index (χ2n) is 7.17. The van der Waals surface area contributed by atoms with Gasteiger partial charge in [0, 0.05) is 37.4 Å². The molecular weight excluding hydrogens is 336 g/mol. The van der Waals surface area contributed by atoms with Crippen molar-refractivity contribution in [3.63, 3.8) is 0 Å². The van der Waals surface area contributed by atoms with E-state index in [1.807, 2.05) is 10.6 Å². The van der Waals surface area contributed by atoms with Crippen LogP contribution in [0.2, 0.25) is 0 Å². The average molecular weight is 364 g/mol. The van der Waals surface area contributed by atoms with Crippen LogP contribution >= 0.6 is 0 Å². The Morgan fingerprint density at radius 2 is 1.81 bits per heavy atom. The Hall–Kier alpha value is -2.60. The van der Waals surface area contributed by atoms with Gasteiger partial charge in [0.05, 0.1) is 5.69 Å². The number of aryl methyl sites for hydroxylation is 1. The zero-order valence-electron chi connectivity index (χ0n) is 16.0. The van der Waals surface area contributed by atoms with Crippen molar-refractivity contribution in [2.24, 2.45) is 0 Å². The maximum atomic E-state index is 5.85. The SMILES string of the molecule is CCCCCc1c(-c2ccc(N3CCNCC3)cc2)ccc2nc(N)nn12. The van der Waals surface area contributed by atoms with E-state index in [-0.39, 0.29) is 0 Å². The fourth-order valence-corrected chi connectivity index (χ4v) is 3.84. The molecule has 1 saturated heterocycles. The highest BCUT2D eigenvalue weighted by Crippen LogP contribution is 2.28. The Morgan fingerprint density at radius 1 is 1.04 bits per heavy atom. The van der Waals surface area contributed by atoms with Gasteiger partial charge in [0.1, 0.15) is 0 Å². The van der Waals surface area contributed by atoms with Gasteiger partial charge in [-0.2, -0.15) is 4.98 Å². The third kappa shape index (κ3) is 3.76. The van der Waals surface area contributed by atoms with E-state index in [4.69, 9.17) is 5.73 Å². The number of nitrogens with two attached hydrogens (primary N) is 1. The quantitative estimate of drug-likeness (QED) is 0.658. The van der Waals surface area contributed by atoms with Gasteiger partial charge >= 0.3 is 0 Å².